The summed E-state index contributed by atoms with van der Waals surface area (Å²) in [6.07, 6.45) is 71.7. The van der Waals surface area contributed by atoms with Crippen LogP contribution in [0.3, 0.4) is 0 Å². The third kappa shape index (κ3) is 54.1. The maximum Gasteiger partial charge on any atom is 0.472 e. The van der Waals surface area contributed by atoms with Crippen molar-refractivity contribution in [3.63, 3.8) is 0 Å². The second kappa shape index (κ2) is 54.3. The molecule has 3 N–H and O–H groups in total. The molecular weight excluding hydrogens is 882 g/mol. The summed E-state index contributed by atoms with van der Waals surface area (Å²) in [6.45, 7) is 3.51. The second-order valence-electron chi connectivity index (χ2n) is 18.0. The number of ether oxygens (including phenoxy) is 2. The first-order valence-corrected chi connectivity index (χ1v) is 29.2. The summed E-state index contributed by atoms with van der Waals surface area (Å²) in [5, 5.41) is 0. The van der Waals surface area contributed by atoms with Crippen molar-refractivity contribution in [2.45, 2.75) is 238 Å². The van der Waals surface area contributed by atoms with Gasteiger partial charge in [0, 0.05) is 19.4 Å². The van der Waals surface area contributed by atoms with Gasteiger partial charge in [-0.1, -0.05) is 227 Å². The van der Waals surface area contributed by atoms with Crippen LogP contribution in [0.1, 0.15) is 232 Å². The number of allylic oxidation sites excluding steroid dienone is 16. The minimum Gasteiger partial charge on any atom is -0.462 e. The Hall–Kier alpha value is -3.07. The highest BCUT2D eigenvalue weighted by atomic mass is 31.2. The van der Waals surface area contributed by atoms with Crippen molar-refractivity contribution in [1.29, 1.82) is 0 Å². The molecule has 0 heterocycles. The van der Waals surface area contributed by atoms with Gasteiger partial charge in [-0.25, -0.2) is 4.57 Å². The minimum atomic E-state index is -4.39. The highest BCUT2D eigenvalue weighted by molar-refractivity contribution is 7.47. The molecule has 0 amide bonds. The van der Waals surface area contributed by atoms with Crippen LogP contribution in [0.2, 0.25) is 0 Å². The first kappa shape index (κ1) is 65.9. The molecule has 0 saturated carbocycles. The van der Waals surface area contributed by atoms with Gasteiger partial charge >= 0.3 is 19.8 Å². The molecule has 0 fully saturated rings. The van der Waals surface area contributed by atoms with E-state index in [1.165, 1.54) is 83.5 Å². The van der Waals surface area contributed by atoms with E-state index in [1.807, 2.05) is 0 Å². The molecule has 2 atom stereocenters. The van der Waals surface area contributed by atoms with Gasteiger partial charge in [-0.05, 0) is 89.9 Å². The number of hydrogen-bond acceptors (Lipinski definition) is 8. The van der Waals surface area contributed by atoms with Gasteiger partial charge in [0.05, 0.1) is 13.2 Å². The van der Waals surface area contributed by atoms with Crippen molar-refractivity contribution in [3.05, 3.63) is 97.2 Å². The van der Waals surface area contributed by atoms with Crippen LogP contribution < -0.4 is 5.73 Å². The average Bonchev–Trinajstić information content (AvgIpc) is 3.34. The van der Waals surface area contributed by atoms with Gasteiger partial charge in [0.25, 0.3) is 0 Å². The van der Waals surface area contributed by atoms with E-state index in [1.54, 1.807) is 0 Å². The quantitative estimate of drug-likeness (QED) is 0.0264. The Kier molecular flexibility index (Phi) is 51.9. The molecule has 0 aromatic rings. The zero-order valence-electron chi connectivity index (χ0n) is 44.0. The summed E-state index contributed by atoms with van der Waals surface area (Å²) in [5.74, 6) is -0.845. The second-order valence-corrected chi connectivity index (χ2v) is 19.5. The monoisotopic (exact) mass is 984 g/mol. The topological polar surface area (TPSA) is 134 Å². The molecule has 10 heteroatoms. The van der Waals surface area contributed by atoms with Crippen molar-refractivity contribution < 1.29 is 37.6 Å². The van der Waals surface area contributed by atoms with E-state index < -0.39 is 32.5 Å². The number of unbranched alkanes of at least 4 members (excludes halogenated alkanes) is 22. The third-order valence-electron chi connectivity index (χ3n) is 11.5. The van der Waals surface area contributed by atoms with Crippen LogP contribution in [0.25, 0.3) is 0 Å². The lowest BCUT2D eigenvalue weighted by Crippen LogP contribution is -2.29. The van der Waals surface area contributed by atoms with Gasteiger partial charge < -0.3 is 20.1 Å². The molecule has 0 rings (SSSR count). The van der Waals surface area contributed by atoms with Crippen LogP contribution in [-0.2, 0) is 32.7 Å². The van der Waals surface area contributed by atoms with Crippen molar-refractivity contribution in [3.8, 4) is 0 Å². The molecule has 0 saturated heterocycles. The Morgan fingerprint density at radius 1 is 0.435 bits per heavy atom. The highest BCUT2D eigenvalue weighted by Gasteiger charge is 2.26. The SMILES string of the molecule is CC/C=C\C/C=C\C/C=C\C/C=C\CCCCCCCCCCCCCCCCCCC(=O)OC(COC(=O)CCCCCCCC/C=C\C/C=C\C/C=C\C/C=C\CC)COP(=O)(O)OCCN. The number of hydrogen-bond donors (Lipinski definition) is 2. The van der Waals surface area contributed by atoms with Gasteiger partial charge in [0.1, 0.15) is 6.61 Å². The molecule has 0 spiro atoms. The van der Waals surface area contributed by atoms with E-state index >= 15 is 0 Å². The van der Waals surface area contributed by atoms with Crippen LogP contribution in [0, 0.1) is 0 Å². The van der Waals surface area contributed by atoms with E-state index in [9.17, 15) is 19.0 Å². The van der Waals surface area contributed by atoms with Crippen molar-refractivity contribution in [2.75, 3.05) is 26.4 Å². The molecule has 0 aromatic carbocycles. The predicted octanol–water partition coefficient (Wildman–Crippen LogP) is 17.3. The summed E-state index contributed by atoms with van der Waals surface area (Å²) in [7, 11) is -4.39. The Morgan fingerprint density at radius 2 is 0.754 bits per heavy atom. The number of carbonyl (C=O) groups excluding carboxylic acids is 2. The Bertz CT molecular complexity index is 1450. The Morgan fingerprint density at radius 3 is 1.12 bits per heavy atom. The Balaban J connectivity index is 3.99. The first-order chi connectivity index (χ1) is 33.8. The van der Waals surface area contributed by atoms with E-state index in [0.717, 1.165) is 109 Å². The van der Waals surface area contributed by atoms with Crippen LogP contribution in [0.4, 0.5) is 0 Å². The van der Waals surface area contributed by atoms with Gasteiger partial charge in [-0.3, -0.25) is 18.6 Å². The lowest BCUT2D eigenvalue weighted by Gasteiger charge is -2.19. The average molecular weight is 984 g/mol. The predicted molar refractivity (Wildman–Crippen MR) is 293 cm³/mol. The van der Waals surface area contributed by atoms with Crippen LogP contribution >= 0.6 is 7.82 Å². The molecule has 0 aromatic heterocycles. The summed E-state index contributed by atoms with van der Waals surface area (Å²) >= 11 is 0. The maximum absolute atomic E-state index is 12.7. The van der Waals surface area contributed by atoms with Gasteiger partial charge in [-0.15, -0.1) is 0 Å². The number of rotatable bonds is 51. The zero-order chi connectivity index (χ0) is 50.2. The summed E-state index contributed by atoms with van der Waals surface area (Å²) < 4.78 is 33.0. The van der Waals surface area contributed by atoms with Crippen molar-refractivity contribution >= 4 is 19.8 Å². The van der Waals surface area contributed by atoms with Crippen molar-refractivity contribution in [1.82, 2.24) is 0 Å². The van der Waals surface area contributed by atoms with Gasteiger partial charge in [0.15, 0.2) is 6.10 Å². The minimum absolute atomic E-state index is 0.0475. The fourth-order valence-corrected chi connectivity index (χ4v) is 8.21. The molecule has 0 aliphatic carbocycles. The lowest BCUT2D eigenvalue weighted by atomic mass is 10.0. The van der Waals surface area contributed by atoms with E-state index in [4.69, 9.17) is 24.3 Å². The molecular formula is C59H102NO8P. The lowest BCUT2D eigenvalue weighted by molar-refractivity contribution is -0.161. The summed E-state index contributed by atoms with van der Waals surface area (Å²) in [4.78, 5) is 35.1. The van der Waals surface area contributed by atoms with Crippen LogP contribution in [-0.4, -0.2) is 49.3 Å². The molecule has 9 nitrogen and oxygen atoms in total. The van der Waals surface area contributed by atoms with Crippen molar-refractivity contribution in [2.24, 2.45) is 5.73 Å². The highest BCUT2D eigenvalue weighted by Crippen LogP contribution is 2.43. The van der Waals surface area contributed by atoms with E-state index in [2.05, 4.69) is 111 Å². The molecule has 0 aliphatic rings. The first-order valence-electron chi connectivity index (χ1n) is 27.7. The van der Waals surface area contributed by atoms with Gasteiger partial charge in [0.2, 0.25) is 0 Å². The number of phosphoric acid groups is 1. The standard InChI is InChI=1S/C59H102NO8P/c1-3-5-7-9-11-13-15-17-19-21-23-24-25-26-27-28-29-30-31-32-34-36-38-40-42-44-46-48-50-52-59(62)68-57(56-67-69(63,64)66-54-53-60)55-65-58(61)51-49-47-45-43-41-39-37-35-33-22-20-18-16-14-12-10-8-6-4-2/h5-8,11-14,17-20,23-24,33,35,57H,3-4,9-10,15-16,21-22,25-32,34,36-56,60H2,1-2H3,(H,63,64)/b7-5-,8-6-,13-11-,14-12-,19-17-,20-18-,24-23-,35-33-. The normalized spacial score (nSPS) is 13.9. The molecule has 2 unspecified atom stereocenters. The fraction of sp³-hybridized carbons (Fsp3) is 0.695. The van der Waals surface area contributed by atoms with Gasteiger partial charge in [-0.2, -0.15) is 0 Å². The number of carbonyl (C=O) groups is 2. The largest absolute Gasteiger partial charge is 0.472 e. The smallest absolute Gasteiger partial charge is 0.462 e. The fourth-order valence-electron chi connectivity index (χ4n) is 7.44. The number of esters is 2. The molecule has 0 radical (unpaired) electrons. The van der Waals surface area contributed by atoms with Crippen LogP contribution in [0.15, 0.2) is 97.2 Å². The van der Waals surface area contributed by atoms with E-state index in [-0.39, 0.29) is 32.6 Å². The van der Waals surface area contributed by atoms with Crippen LogP contribution in [0.5, 0.6) is 0 Å². The number of nitrogens with two attached hydrogens (primary N) is 1. The molecule has 69 heavy (non-hydrogen) atoms. The maximum atomic E-state index is 12.7. The molecule has 0 bridgehead atoms. The summed E-state index contributed by atoms with van der Waals surface area (Å²) in [6, 6.07) is 0. The third-order valence-corrected chi connectivity index (χ3v) is 12.4. The number of phosphoric ester groups is 1. The Labute approximate surface area is 423 Å². The molecule has 0 aliphatic heterocycles. The molecule has 396 valence electrons. The zero-order valence-corrected chi connectivity index (χ0v) is 44.9. The summed E-state index contributed by atoms with van der Waals surface area (Å²) in [5.41, 5.74) is 5.38. The van der Waals surface area contributed by atoms with E-state index in [0.29, 0.717) is 12.8 Å².